The Kier molecular flexibility index (Phi) is 2.53. The normalized spacial score (nSPS) is 10.5. The molecule has 6 heteroatoms. The Morgan fingerprint density at radius 3 is 2.89 bits per heavy atom. The van der Waals surface area contributed by atoms with Gasteiger partial charge >= 0.3 is 0 Å². The zero-order valence-corrected chi connectivity index (χ0v) is 9.74. The molecule has 0 saturated heterocycles. The fourth-order valence-electron chi connectivity index (χ4n) is 1.59. The second kappa shape index (κ2) is 4.33. The summed E-state index contributed by atoms with van der Waals surface area (Å²) in [6, 6.07) is 9.35. The van der Waals surface area contributed by atoms with Crippen LogP contribution >= 0.6 is 0 Å². The van der Waals surface area contributed by atoms with E-state index < -0.39 is 0 Å². The highest BCUT2D eigenvalue weighted by molar-refractivity contribution is 5.54. The summed E-state index contributed by atoms with van der Waals surface area (Å²) in [5.41, 5.74) is 1.60. The number of fused-ring (bicyclic) bond motifs is 1. The molecule has 3 aromatic rings. The molecule has 0 saturated carbocycles. The highest BCUT2D eigenvalue weighted by Crippen LogP contribution is 2.15. The molecule has 90 valence electrons. The molecule has 0 spiro atoms. The van der Waals surface area contributed by atoms with E-state index in [0.29, 0.717) is 11.8 Å². The lowest BCUT2D eigenvalue weighted by molar-refractivity contribution is 0.398. The van der Waals surface area contributed by atoms with E-state index in [9.17, 15) is 0 Å². The summed E-state index contributed by atoms with van der Waals surface area (Å²) in [6.07, 6.45) is 3.52. The molecule has 0 aliphatic heterocycles. The van der Waals surface area contributed by atoms with Gasteiger partial charge in [-0.1, -0.05) is 6.07 Å². The minimum Gasteiger partial charge on any atom is -0.481 e. The van der Waals surface area contributed by atoms with E-state index in [1.54, 1.807) is 23.9 Å². The average Bonchev–Trinajstić information content (AvgIpc) is 2.82. The van der Waals surface area contributed by atoms with E-state index in [1.807, 2.05) is 30.5 Å². The molecule has 3 aromatic heterocycles. The number of aromatic nitrogens is 4. The summed E-state index contributed by atoms with van der Waals surface area (Å²) >= 11 is 0. The van der Waals surface area contributed by atoms with Crippen LogP contribution in [0.25, 0.3) is 5.65 Å². The highest BCUT2D eigenvalue weighted by Gasteiger charge is 2.03. The molecular formula is C12H11N5O. The number of methoxy groups -OCH3 is 1. The molecule has 18 heavy (non-hydrogen) atoms. The number of ether oxygens (including phenoxy) is 1. The zero-order valence-electron chi connectivity index (χ0n) is 9.74. The molecule has 1 N–H and O–H groups in total. The topological polar surface area (TPSA) is 64.3 Å². The number of nitrogens with one attached hydrogen (secondary N) is 1. The van der Waals surface area contributed by atoms with Crippen molar-refractivity contribution in [3.05, 3.63) is 42.7 Å². The first-order chi connectivity index (χ1) is 8.85. The molecule has 0 amide bonds. The van der Waals surface area contributed by atoms with Crippen LogP contribution in [-0.4, -0.2) is 26.7 Å². The van der Waals surface area contributed by atoms with Crippen molar-refractivity contribution in [2.24, 2.45) is 0 Å². The van der Waals surface area contributed by atoms with Crippen LogP contribution in [0.1, 0.15) is 0 Å². The summed E-state index contributed by atoms with van der Waals surface area (Å²) in [4.78, 5) is 8.43. The summed E-state index contributed by atoms with van der Waals surface area (Å²) in [6.45, 7) is 0. The fourth-order valence-corrected chi connectivity index (χ4v) is 1.59. The number of hydrogen-bond acceptors (Lipinski definition) is 5. The third-order valence-electron chi connectivity index (χ3n) is 2.44. The van der Waals surface area contributed by atoms with Gasteiger partial charge in [-0.05, 0) is 18.2 Å². The summed E-state index contributed by atoms with van der Waals surface area (Å²) in [7, 11) is 1.58. The number of hydrogen-bond donors (Lipinski definition) is 1. The minimum absolute atomic E-state index is 0.535. The van der Waals surface area contributed by atoms with Crippen LogP contribution in [0.3, 0.4) is 0 Å². The standard InChI is InChI=1S/C12H11N5O/c1-18-11-6-5-9(8-13-11)14-12-15-10-4-2-3-7-17(10)16-12/h2-8H,1H3,(H,14,16). The van der Waals surface area contributed by atoms with Gasteiger partial charge in [-0.15, -0.1) is 5.10 Å². The molecule has 0 bridgehead atoms. The van der Waals surface area contributed by atoms with Gasteiger partial charge in [0.1, 0.15) is 0 Å². The van der Waals surface area contributed by atoms with Gasteiger partial charge in [0.05, 0.1) is 19.0 Å². The van der Waals surface area contributed by atoms with Gasteiger partial charge in [-0.2, -0.15) is 4.98 Å². The Bertz CT molecular complexity index is 629. The first-order valence-corrected chi connectivity index (χ1v) is 5.43. The molecule has 3 rings (SSSR count). The van der Waals surface area contributed by atoms with Crippen LogP contribution in [0.2, 0.25) is 0 Å². The van der Waals surface area contributed by atoms with Crippen molar-refractivity contribution in [2.45, 2.75) is 0 Å². The third-order valence-corrected chi connectivity index (χ3v) is 2.44. The predicted molar refractivity (Wildman–Crippen MR) is 67.1 cm³/mol. The first kappa shape index (κ1) is 10.5. The van der Waals surface area contributed by atoms with Crippen molar-refractivity contribution >= 4 is 17.3 Å². The highest BCUT2D eigenvalue weighted by atomic mass is 16.5. The number of nitrogens with zero attached hydrogens (tertiary/aromatic N) is 4. The van der Waals surface area contributed by atoms with Gasteiger partial charge in [-0.25, -0.2) is 9.50 Å². The van der Waals surface area contributed by atoms with Crippen LogP contribution < -0.4 is 10.1 Å². The Hall–Kier alpha value is -2.63. The second-order valence-corrected chi connectivity index (χ2v) is 3.65. The largest absolute Gasteiger partial charge is 0.481 e. The van der Waals surface area contributed by atoms with Gasteiger partial charge < -0.3 is 10.1 Å². The molecular weight excluding hydrogens is 230 g/mol. The summed E-state index contributed by atoms with van der Waals surface area (Å²) in [5, 5.41) is 7.37. The van der Waals surface area contributed by atoms with Crippen molar-refractivity contribution in [1.29, 1.82) is 0 Å². The van der Waals surface area contributed by atoms with Crippen molar-refractivity contribution in [1.82, 2.24) is 19.6 Å². The van der Waals surface area contributed by atoms with Crippen molar-refractivity contribution in [2.75, 3.05) is 12.4 Å². The maximum absolute atomic E-state index is 4.99. The van der Waals surface area contributed by atoms with Gasteiger partial charge in [-0.3, -0.25) is 0 Å². The molecule has 3 heterocycles. The lowest BCUT2D eigenvalue weighted by Crippen LogP contribution is -1.94. The number of pyridine rings is 2. The van der Waals surface area contributed by atoms with E-state index >= 15 is 0 Å². The monoisotopic (exact) mass is 241 g/mol. The van der Waals surface area contributed by atoms with Crippen molar-refractivity contribution < 1.29 is 4.74 Å². The Balaban J connectivity index is 1.86. The Morgan fingerprint density at radius 2 is 2.17 bits per heavy atom. The van der Waals surface area contributed by atoms with Gasteiger partial charge in [0.25, 0.3) is 0 Å². The molecule has 0 aromatic carbocycles. The molecule has 0 aliphatic rings. The van der Waals surface area contributed by atoms with E-state index in [-0.39, 0.29) is 0 Å². The molecule has 6 nitrogen and oxygen atoms in total. The van der Waals surface area contributed by atoms with E-state index in [2.05, 4.69) is 20.4 Å². The lowest BCUT2D eigenvalue weighted by atomic mass is 10.4. The molecule has 0 fully saturated rings. The average molecular weight is 241 g/mol. The maximum Gasteiger partial charge on any atom is 0.247 e. The van der Waals surface area contributed by atoms with E-state index in [0.717, 1.165) is 11.3 Å². The molecule has 0 unspecified atom stereocenters. The fraction of sp³-hybridized carbons (Fsp3) is 0.0833. The van der Waals surface area contributed by atoms with Crippen LogP contribution in [0.15, 0.2) is 42.7 Å². The molecule has 0 radical (unpaired) electrons. The second-order valence-electron chi connectivity index (χ2n) is 3.65. The number of rotatable bonds is 3. The molecule has 0 aliphatic carbocycles. The van der Waals surface area contributed by atoms with Crippen molar-refractivity contribution in [3.8, 4) is 5.88 Å². The van der Waals surface area contributed by atoms with Gasteiger partial charge in [0, 0.05) is 12.3 Å². The maximum atomic E-state index is 4.99. The SMILES string of the molecule is COc1ccc(Nc2nc3ccccn3n2)cn1. The zero-order chi connectivity index (χ0) is 12.4. The van der Waals surface area contributed by atoms with E-state index in [1.165, 1.54) is 0 Å². The van der Waals surface area contributed by atoms with Crippen LogP contribution in [-0.2, 0) is 0 Å². The van der Waals surface area contributed by atoms with Gasteiger partial charge in [0.2, 0.25) is 11.8 Å². The van der Waals surface area contributed by atoms with Crippen LogP contribution in [0, 0.1) is 0 Å². The van der Waals surface area contributed by atoms with Crippen LogP contribution in [0.5, 0.6) is 5.88 Å². The lowest BCUT2D eigenvalue weighted by Gasteiger charge is -2.01. The third kappa shape index (κ3) is 1.95. The first-order valence-electron chi connectivity index (χ1n) is 5.43. The Morgan fingerprint density at radius 1 is 1.22 bits per heavy atom. The summed E-state index contributed by atoms with van der Waals surface area (Å²) in [5.74, 6) is 1.11. The van der Waals surface area contributed by atoms with Crippen molar-refractivity contribution in [3.63, 3.8) is 0 Å². The van der Waals surface area contributed by atoms with Gasteiger partial charge in [0.15, 0.2) is 5.65 Å². The predicted octanol–water partition coefficient (Wildman–Crippen LogP) is 1.88. The molecule has 0 atom stereocenters. The van der Waals surface area contributed by atoms with Crippen LogP contribution in [0.4, 0.5) is 11.6 Å². The number of anilines is 2. The smallest absolute Gasteiger partial charge is 0.247 e. The minimum atomic E-state index is 0.535. The Labute approximate surface area is 103 Å². The summed E-state index contributed by atoms with van der Waals surface area (Å²) < 4.78 is 6.70. The quantitative estimate of drug-likeness (QED) is 0.758. The van der Waals surface area contributed by atoms with E-state index in [4.69, 9.17) is 4.74 Å².